The van der Waals surface area contributed by atoms with Crippen LogP contribution in [0, 0.1) is 5.82 Å². The molecule has 6 nitrogen and oxygen atoms in total. The maximum Gasteiger partial charge on any atom is 0.410 e. The summed E-state index contributed by atoms with van der Waals surface area (Å²) in [6, 6.07) is 10.5. The first-order chi connectivity index (χ1) is 20.4. The summed E-state index contributed by atoms with van der Waals surface area (Å²) in [5, 5.41) is 0.480. The van der Waals surface area contributed by atoms with Crippen LogP contribution < -0.4 is 0 Å². The summed E-state index contributed by atoms with van der Waals surface area (Å²) < 4.78 is 18.2. The van der Waals surface area contributed by atoms with Gasteiger partial charge < -0.3 is 14.5 Å². The minimum atomic E-state index is -0.487. The van der Waals surface area contributed by atoms with Crippen LogP contribution in [0.1, 0.15) is 80.0 Å². The van der Waals surface area contributed by atoms with Gasteiger partial charge in [0.15, 0.2) is 0 Å². The lowest BCUT2D eigenvalue weighted by Crippen LogP contribution is -2.49. The number of hydrogen-bond acceptors (Lipinski definition) is 5. The number of hydrogen-bond donors (Lipinski definition) is 0. The quantitative estimate of drug-likeness (QED) is 0.231. The lowest BCUT2D eigenvalue weighted by atomic mass is 9.95. The first-order valence-corrected chi connectivity index (χ1v) is 15.4. The van der Waals surface area contributed by atoms with Crippen LogP contribution in [0.4, 0.5) is 9.18 Å². The Morgan fingerprint density at radius 1 is 1.12 bits per heavy atom. The predicted octanol–water partition coefficient (Wildman–Crippen LogP) is 9.37. The molecule has 1 aliphatic heterocycles. The number of pyridine rings is 1. The van der Waals surface area contributed by atoms with E-state index in [0.717, 1.165) is 59.7 Å². The lowest BCUT2D eigenvalue weighted by molar-refractivity contribution is 0.0168. The third-order valence-electron chi connectivity index (χ3n) is 6.37. The molecule has 8 heteroatoms. The van der Waals surface area contributed by atoms with Crippen molar-refractivity contribution in [2.75, 3.05) is 26.2 Å². The van der Waals surface area contributed by atoms with Crippen LogP contribution in [0.3, 0.4) is 0 Å². The molecule has 1 amide bonds. The summed E-state index contributed by atoms with van der Waals surface area (Å²) in [7, 11) is 0. The molecule has 0 atom stereocenters. The molecule has 0 N–H and O–H groups in total. The van der Waals surface area contributed by atoms with E-state index in [-0.39, 0.29) is 11.9 Å². The van der Waals surface area contributed by atoms with Crippen LogP contribution >= 0.6 is 11.6 Å². The Morgan fingerprint density at radius 2 is 1.74 bits per heavy atom. The molecule has 0 bridgehead atoms. The zero-order valence-electron chi connectivity index (χ0n) is 27.5. The molecule has 2 aromatic rings. The fourth-order valence-electron chi connectivity index (χ4n) is 4.55. The number of aromatic nitrogens is 1. The molecule has 1 aromatic heterocycles. The highest BCUT2D eigenvalue weighted by molar-refractivity contribution is 6.30. The van der Waals surface area contributed by atoms with Crippen LogP contribution in [-0.4, -0.2) is 58.4 Å². The summed E-state index contributed by atoms with van der Waals surface area (Å²) >= 11 is 5.65. The predicted molar refractivity (Wildman–Crippen MR) is 180 cm³/mol. The Hall–Kier alpha value is -3.45. The van der Waals surface area contributed by atoms with Crippen molar-refractivity contribution in [1.82, 2.24) is 14.8 Å². The summed E-state index contributed by atoms with van der Waals surface area (Å²) in [4.78, 5) is 25.5. The number of ether oxygens (including phenoxy) is 1. The number of carbonyl (C=O) groups excluding carboxylic acids is 1. The minimum absolute atomic E-state index is 0.249. The number of halogens is 2. The van der Waals surface area contributed by atoms with Gasteiger partial charge in [-0.05, 0) is 83.9 Å². The number of benzene rings is 1. The number of amides is 1. The average molecular weight is 613 g/mol. The Kier molecular flexibility index (Phi) is 16.6. The molecule has 1 aromatic carbocycles. The van der Waals surface area contributed by atoms with Crippen molar-refractivity contribution in [3.63, 3.8) is 0 Å². The molecular formula is C35H50ClFN4O2. The standard InChI is InChI=1S/C24H34N4O2.C9H10ClF.C2H6/c1-8-20(21-12-10-11-13-26-21)22(18(3)25-9-2)19(4)27-14-16-28(17-15-27)23(29)30-24(5,6)7;1-2-3-7-4-8(10)6-9(11)5-7;1-2/h8-13H,2,14-17H2,1,3-7H3;4-6H,2-3H2,1H3;1-2H3/b20-8-,22-19-,25-18?;;. The summed E-state index contributed by atoms with van der Waals surface area (Å²) in [6.07, 6.45) is 7.08. The second kappa shape index (κ2) is 19.0. The normalized spacial score (nSPS) is 14.5. The third-order valence-corrected chi connectivity index (χ3v) is 6.59. The topological polar surface area (TPSA) is 58.0 Å². The smallest absolute Gasteiger partial charge is 0.410 e. The number of piperazine rings is 1. The van der Waals surface area contributed by atoms with E-state index >= 15 is 0 Å². The van der Waals surface area contributed by atoms with Crippen LogP contribution in [0.5, 0.6) is 0 Å². The molecule has 0 aliphatic carbocycles. The second-order valence-corrected chi connectivity index (χ2v) is 11.2. The van der Waals surface area contributed by atoms with Crippen LogP contribution in [0.2, 0.25) is 5.02 Å². The highest BCUT2D eigenvalue weighted by Gasteiger charge is 2.27. The van der Waals surface area contributed by atoms with Crippen molar-refractivity contribution >= 4 is 29.0 Å². The van der Waals surface area contributed by atoms with Gasteiger partial charge in [0.05, 0.1) is 5.69 Å². The van der Waals surface area contributed by atoms with Crippen LogP contribution in [-0.2, 0) is 11.2 Å². The van der Waals surface area contributed by atoms with Gasteiger partial charge in [-0.15, -0.1) is 0 Å². The lowest BCUT2D eigenvalue weighted by Gasteiger charge is -2.38. The van der Waals surface area contributed by atoms with Crippen molar-refractivity contribution in [2.45, 2.75) is 80.8 Å². The molecule has 0 unspecified atom stereocenters. The van der Waals surface area contributed by atoms with Gasteiger partial charge in [0.1, 0.15) is 11.4 Å². The van der Waals surface area contributed by atoms with Crippen molar-refractivity contribution < 1.29 is 13.9 Å². The molecule has 2 heterocycles. The van der Waals surface area contributed by atoms with Gasteiger partial charge in [0.25, 0.3) is 0 Å². The van der Waals surface area contributed by atoms with Gasteiger partial charge in [-0.3, -0.25) is 9.98 Å². The average Bonchev–Trinajstić information content (AvgIpc) is 2.96. The van der Waals surface area contributed by atoms with Crippen LogP contribution in [0.15, 0.2) is 77.7 Å². The molecule has 43 heavy (non-hydrogen) atoms. The monoisotopic (exact) mass is 612 g/mol. The van der Waals surface area contributed by atoms with E-state index in [4.69, 9.17) is 16.3 Å². The highest BCUT2D eigenvalue weighted by atomic mass is 35.5. The summed E-state index contributed by atoms with van der Waals surface area (Å²) in [5.41, 5.74) is 5.46. The number of allylic oxidation sites excluding steroid dienone is 4. The Morgan fingerprint density at radius 3 is 2.23 bits per heavy atom. The number of aliphatic imine (C=N–C) groups is 1. The van der Waals surface area contributed by atoms with Crippen molar-refractivity contribution in [3.05, 3.63) is 94.8 Å². The summed E-state index contributed by atoms with van der Waals surface area (Å²) in [6.45, 7) is 24.3. The van der Waals surface area contributed by atoms with Crippen molar-refractivity contribution in [1.29, 1.82) is 0 Å². The molecule has 1 saturated heterocycles. The fraction of sp³-hybridized carbons (Fsp3) is 0.457. The van der Waals surface area contributed by atoms with E-state index in [9.17, 15) is 9.18 Å². The van der Waals surface area contributed by atoms with Gasteiger partial charge in [0, 0.05) is 66.2 Å². The molecule has 0 spiro atoms. The maximum atomic E-state index is 12.7. The Bertz CT molecular complexity index is 1240. The molecule has 236 valence electrons. The van der Waals surface area contributed by atoms with Gasteiger partial charge in [-0.2, -0.15) is 0 Å². The number of aryl methyl sites for hydroxylation is 1. The molecule has 0 saturated carbocycles. The van der Waals surface area contributed by atoms with E-state index in [1.165, 1.54) is 12.1 Å². The van der Waals surface area contributed by atoms with Crippen molar-refractivity contribution in [3.8, 4) is 0 Å². The number of carbonyl (C=O) groups is 1. The third kappa shape index (κ3) is 12.8. The largest absolute Gasteiger partial charge is 0.444 e. The minimum Gasteiger partial charge on any atom is -0.444 e. The van der Waals surface area contributed by atoms with E-state index in [0.29, 0.717) is 18.1 Å². The molecule has 3 rings (SSSR count). The van der Waals surface area contributed by atoms with Gasteiger partial charge in [0.2, 0.25) is 0 Å². The van der Waals surface area contributed by atoms with E-state index in [1.54, 1.807) is 23.4 Å². The molecular weight excluding hydrogens is 563 g/mol. The maximum absolute atomic E-state index is 12.7. The Labute approximate surface area is 264 Å². The molecule has 1 fully saturated rings. The van der Waals surface area contributed by atoms with Crippen LogP contribution in [0.25, 0.3) is 5.57 Å². The summed E-state index contributed by atoms with van der Waals surface area (Å²) in [5.74, 6) is -0.249. The Balaban J connectivity index is 0.000000592. The van der Waals surface area contributed by atoms with E-state index in [2.05, 4.69) is 41.4 Å². The molecule has 0 radical (unpaired) electrons. The fourth-order valence-corrected chi connectivity index (χ4v) is 4.79. The van der Waals surface area contributed by atoms with Crippen molar-refractivity contribution in [2.24, 2.45) is 4.99 Å². The number of nitrogens with zero attached hydrogens (tertiary/aromatic N) is 4. The van der Waals surface area contributed by atoms with Gasteiger partial charge >= 0.3 is 6.09 Å². The first kappa shape index (κ1) is 37.6. The molecule has 1 aliphatic rings. The zero-order valence-corrected chi connectivity index (χ0v) is 28.3. The number of rotatable bonds is 7. The second-order valence-electron chi connectivity index (χ2n) is 10.8. The van der Waals surface area contributed by atoms with E-state index < -0.39 is 5.60 Å². The van der Waals surface area contributed by atoms with E-state index in [1.807, 2.05) is 66.7 Å². The van der Waals surface area contributed by atoms with Gasteiger partial charge in [-0.1, -0.05) is 57.5 Å². The first-order valence-electron chi connectivity index (χ1n) is 15.0. The SMILES string of the molecule is C=CN=C(C)C(/C(=C\C)c1ccccn1)=C(\C)N1CCN(C(=O)OC(C)(C)C)CC1.CC.CCCc1cc(F)cc(Cl)c1. The van der Waals surface area contributed by atoms with Gasteiger partial charge in [-0.25, -0.2) is 9.18 Å². The highest BCUT2D eigenvalue weighted by Crippen LogP contribution is 2.28. The zero-order chi connectivity index (χ0) is 32.6.